The van der Waals surface area contributed by atoms with E-state index in [0.29, 0.717) is 0 Å². The lowest BCUT2D eigenvalue weighted by atomic mass is 10.3. The first-order chi connectivity index (χ1) is 8.17. The molecule has 0 rings (SSSR count). The second-order valence-corrected chi connectivity index (χ2v) is 18.5. The van der Waals surface area contributed by atoms with Gasteiger partial charge in [-0.2, -0.15) is 0 Å². The molecule has 0 N–H and O–H groups in total. The standard InChI is InChI=1S/C13H32O3Si3/c1-11-13(4,16-18(6,7)8)19(9,10)15-12(2,3)17(5)14/h11H2,1-10H3/t13-/m1/s1. The van der Waals surface area contributed by atoms with Crippen LogP contribution in [0.3, 0.4) is 0 Å². The van der Waals surface area contributed by atoms with E-state index in [9.17, 15) is 4.46 Å². The van der Waals surface area contributed by atoms with Gasteiger partial charge < -0.3 is 13.3 Å². The molecule has 0 aromatic carbocycles. The van der Waals surface area contributed by atoms with Crippen LogP contribution in [0.1, 0.15) is 34.1 Å². The summed E-state index contributed by atoms with van der Waals surface area (Å²) in [6.45, 7) is 21.0. The molecule has 0 aromatic heterocycles. The Morgan fingerprint density at radius 3 is 1.68 bits per heavy atom. The van der Waals surface area contributed by atoms with Crippen molar-refractivity contribution in [1.29, 1.82) is 0 Å². The molecule has 0 unspecified atom stereocenters. The van der Waals surface area contributed by atoms with Crippen molar-refractivity contribution in [3.05, 3.63) is 0 Å². The SMILES string of the molecule is CC[C@](C)(O[Si](C)(C)C)[Si](C)(C)OC(C)(C)[Si](C)=O. The van der Waals surface area contributed by atoms with Crippen LogP contribution in [0.2, 0.25) is 39.3 Å². The van der Waals surface area contributed by atoms with Gasteiger partial charge in [-0.05, 0) is 66.5 Å². The molecule has 19 heavy (non-hydrogen) atoms. The van der Waals surface area contributed by atoms with E-state index >= 15 is 0 Å². The molecule has 3 nitrogen and oxygen atoms in total. The Hall–Kier alpha value is 0.371. The lowest BCUT2D eigenvalue weighted by molar-refractivity contribution is 0.0857. The Kier molecular flexibility index (Phi) is 6.13. The molecular formula is C13H32O3Si3. The molecule has 0 aliphatic rings. The second kappa shape index (κ2) is 6.01. The Morgan fingerprint density at radius 1 is 1.00 bits per heavy atom. The van der Waals surface area contributed by atoms with E-state index in [0.717, 1.165) is 6.42 Å². The molecule has 0 aromatic rings. The first-order valence-electron chi connectivity index (χ1n) is 7.08. The van der Waals surface area contributed by atoms with Crippen molar-refractivity contribution in [2.75, 3.05) is 0 Å². The van der Waals surface area contributed by atoms with Crippen molar-refractivity contribution >= 4 is 25.3 Å². The fraction of sp³-hybridized carbons (Fsp3) is 1.00. The van der Waals surface area contributed by atoms with Crippen LogP contribution in [0.25, 0.3) is 0 Å². The van der Waals surface area contributed by atoms with Crippen LogP contribution in [0.5, 0.6) is 0 Å². The van der Waals surface area contributed by atoms with Crippen LogP contribution in [-0.4, -0.2) is 35.8 Å². The average Bonchev–Trinajstić information content (AvgIpc) is 2.12. The van der Waals surface area contributed by atoms with Gasteiger partial charge in [-0.15, -0.1) is 0 Å². The summed E-state index contributed by atoms with van der Waals surface area (Å²) in [4.78, 5) is 0. The van der Waals surface area contributed by atoms with Gasteiger partial charge in [0.1, 0.15) is 0 Å². The number of hydrogen-bond donors (Lipinski definition) is 0. The molecule has 1 atom stereocenters. The van der Waals surface area contributed by atoms with E-state index in [1.54, 1.807) is 6.55 Å². The van der Waals surface area contributed by atoms with Crippen LogP contribution in [0.15, 0.2) is 0 Å². The molecule has 0 amide bonds. The van der Waals surface area contributed by atoms with E-state index in [2.05, 4.69) is 46.6 Å². The Bertz CT molecular complexity index is 335. The van der Waals surface area contributed by atoms with Gasteiger partial charge in [0.25, 0.3) is 0 Å². The minimum absolute atomic E-state index is 0.230. The third kappa shape index (κ3) is 5.34. The maximum atomic E-state index is 11.9. The summed E-state index contributed by atoms with van der Waals surface area (Å²) < 4.78 is 24.7. The fourth-order valence-electron chi connectivity index (χ4n) is 2.11. The van der Waals surface area contributed by atoms with Crippen molar-refractivity contribution in [1.82, 2.24) is 0 Å². The summed E-state index contributed by atoms with van der Waals surface area (Å²) in [6.07, 6.45) is 0.928. The lowest BCUT2D eigenvalue weighted by Crippen LogP contribution is -2.63. The lowest BCUT2D eigenvalue weighted by Gasteiger charge is -2.47. The molecule has 6 heteroatoms. The third-order valence-electron chi connectivity index (χ3n) is 3.84. The highest BCUT2D eigenvalue weighted by Gasteiger charge is 2.50. The van der Waals surface area contributed by atoms with Gasteiger partial charge in [-0.25, -0.2) is 0 Å². The number of hydrogen-bond acceptors (Lipinski definition) is 3. The molecule has 0 saturated carbocycles. The van der Waals surface area contributed by atoms with Crippen LogP contribution in [-0.2, 0) is 13.3 Å². The van der Waals surface area contributed by atoms with Gasteiger partial charge in [0.2, 0.25) is 8.32 Å². The van der Waals surface area contributed by atoms with Crippen LogP contribution in [0.4, 0.5) is 0 Å². The molecule has 0 aliphatic carbocycles. The Labute approximate surface area is 123 Å². The van der Waals surface area contributed by atoms with Crippen molar-refractivity contribution in [2.24, 2.45) is 0 Å². The van der Waals surface area contributed by atoms with Crippen molar-refractivity contribution in [2.45, 2.75) is 83.8 Å². The summed E-state index contributed by atoms with van der Waals surface area (Å²) in [5.41, 5.74) is 0. The molecule has 0 saturated heterocycles. The van der Waals surface area contributed by atoms with Crippen LogP contribution in [0, 0.1) is 0 Å². The molecule has 0 heterocycles. The van der Waals surface area contributed by atoms with Crippen LogP contribution < -0.4 is 0 Å². The highest BCUT2D eigenvalue weighted by Crippen LogP contribution is 2.35. The predicted molar refractivity (Wildman–Crippen MR) is 88.1 cm³/mol. The smallest absolute Gasteiger partial charge is 0.305 e. The highest BCUT2D eigenvalue weighted by atomic mass is 28.4. The maximum absolute atomic E-state index is 11.9. The molecule has 0 fully saturated rings. The molecule has 114 valence electrons. The minimum Gasteiger partial charge on any atom is -0.412 e. The minimum atomic E-state index is -2.13. The van der Waals surface area contributed by atoms with E-state index in [4.69, 9.17) is 8.85 Å². The predicted octanol–water partition coefficient (Wildman–Crippen LogP) is 4.14. The monoisotopic (exact) mass is 320 g/mol. The van der Waals surface area contributed by atoms with E-state index in [1.807, 2.05) is 13.8 Å². The quantitative estimate of drug-likeness (QED) is 0.661. The Balaban J connectivity index is 5.29. The fourth-order valence-corrected chi connectivity index (χ4v) is 9.20. The van der Waals surface area contributed by atoms with E-state index in [-0.39, 0.29) is 5.22 Å². The average molecular weight is 321 g/mol. The first kappa shape index (κ1) is 19.4. The van der Waals surface area contributed by atoms with Crippen molar-refractivity contribution in [3.8, 4) is 0 Å². The molecule has 0 radical (unpaired) electrons. The normalized spacial score (nSPS) is 17.2. The summed E-state index contributed by atoms with van der Waals surface area (Å²) in [7, 11) is -5.50. The Morgan fingerprint density at radius 2 is 1.42 bits per heavy atom. The van der Waals surface area contributed by atoms with Crippen LogP contribution >= 0.6 is 0 Å². The van der Waals surface area contributed by atoms with Gasteiger partial charge in [-0.3, -0.25) is 0 Å². The summed E-state index contributed by atoms with van der Waals surface area (Å²) in [6, 6.07) is 0. The maximum Gasteiger partial charge on any atom is 0.305 e. The largest absolute Gasteiger partial charge is 0.412 e. The van der Waals surface area contributed by atoms with Gasteiger partial charge in [-0.1, -0.05) is 6.92 Å². The third-order valence-corrected chi connectivity index (χ3v) is 11.1. The summed E-state index contributed by atoms with van der Waals surface area (Å²) in [5, 5.41) is -0.772. The van der Waals surface area contributed by atoms with Crippen molar-refractivity contribution in [3.63, 3.8) is 0 Å². The van der Waals surface area contributed by atoms with Crippen molar-refractivity contribution < 1.29 is 13.3 Å². The molecule has 0 spiro atoms. The first-order valence-corrected chi connectivity index (χ1v) is 15.3. The molecule has 0 bridgehead atoms. The highest BCUT2D eigenvalue weighted by molar-refractivity contribution is 6.77. The zero-order chi connectivity index (χ0) is 15.7. The summed E-state index contributed by atoms with van der Waals surface area (Å²) in [5.74, 6) is 0. The van der Waals surface area contributed by atoms with Gasteiger partial charge in [0, 0.05) is 0 Å². The topological polar surface area (TPSA) is 35.5 Å². The zero-order valence-electron chi connectivity index (χ0n) is 14.4. The van der Waals surface area contributed by atoms with E-state index in [1.165, 1.54) is 0 Å². The number of rotatable bonds is 7. The van der Waals surface area contributed by atoms with Gasteiger partial charge >= 0.3 is 8.68 Å². The zero-order valence-corrected chi connectivity index (χ0v) is 17.4. The molecular weight excluding hydrogens is 288 g/mol. The van der Waals surface area contributed by atoms with Gasteiger partial charge in [0.05, 0.1) is 10.4 Å². The summed E-state index contributed by atoms with van der Waals surface area (Å²) >= 11 is 0. The van der Waals surface area contributed by atoms with Gasteiger partial charge in [0.15, 0.2) is 8.32 Å². The second-order valence-electron chi connectivity index (χ2n) is 7.48. The molecule has 0 aliphatic heterocycles. The van der Waals surface area contributed by atoms with E-state index < -0.39 is 30.5 Å².